The Hall–Kier alpha value is -3.68. The normalized spacial score (nSPS) is 15.4. The molecule has 2 aromatic rings. The molecule has 1 N–H and O–H groups in total. The standard InChI is InChI=1S/C34H48N2O6/c1-10-11-12-13-23(2)36(22-25-16-14-24(15-17-25)21-33(3,4)5)30(29-31(37)41-34(6,7)42-32(29)38)35-27-19-18-26(39-8)20-28(27)40-9/h14-20,23,35H,10-13,21-22H2,1-9H3. The van der Waals surface area contributed by atoms with Crippen LogP contribution < -0.4 is 14.8 Å². The molecule has 1 atom stereocenters. The van der Waals surface area contributed by atoms with Gasteiger partial charge >= 0.3 is 11.9 Å². The summed E-state index contributed by atoms with van der Waals surface area (Å²) in [5, 5.41) is 3.37. The predicted octanol–water partition coefficient (Wildman–Crippen LogP) is 7.22. The minimum atomic E-state index is -1.36. The summed E-state index contributed by atoms with van der Waals surface area (Å²) in [5.74, 6) is -1.41. The second kappa shape index (κ2) is 14.0. The molecule has 8 heteroatoms. The number of benzene rings is 2. The van der Waals surface area contributed by atoms with Gasteiger partial charge in [0.15, 0.2) is 5.57 Å². The molecule has 0 saturated carbocycles. The highest BCUT2D eigenvalue weighted by Gasteiger charge is 2.42. The maximum absolute atomic E-state index is 13.4. The number of rotatable bonds is 13. The first-order valence-electron chi connectivity index (χ1n) is 14.8. The van der Waals surface area contributed by atoms with Crippen LogP contribution in [0.25, 0.3) is 0 Å². The molecule has 1 saturated heterocycles. The first-order chi connectivity index (χ1) is 19.8. The number of esters is 2. The summed E-state index contributed by atoms with van der Waals surface area (Å²) in [6.45, 7) is 14.5. The molecule has 2 aromatic carbocycles. The van der Waals surface area contributed by atoms with E-state index in [4.69, 9.17) is 18.9 Å². The van der Waals surface area contributed by atoms with E-state index < -0.39 is 17.7 Å². The third kappa shape index (κ3) is 8.91. The zero-order chi connectivity index (χ0) is 31.1. The average molecular weight is 581 g/mol. The number of hydrogen-bond donors (Lipinski definition) is 1. The van der Waals surface area contributed by atoms with Crippen LogP contribution in [-0.2, 0) is 32.0 Å². The van der Waals surface area contributed by atoms with Gasteiger partial charge in [0.05, 0.1) is 19.9 Å². The maximum atomic E-state index is 13.4. The van der Waals surface area contributed by atoms with E-state index in [1.54, 1.807) is 46.3 Å². The zero-order valence-corrected chi connectivity index (χ0v) is 26.8. The topological polar surface area (TPSA) is 86.3 Å². The number of ether oxygens (including phenoxy) is 4. The molecule has 0 amide bonds. The van der Waals surface area contributed by atoms with Gasteiger partial charge in [0, 0.05) is 32.5 Å². The van der Waals surface area contributed by atoms with Crippen LogP contribution in [0.2, 0.25) is 0 Å². The van der Waals surface area contributed by atoms with Gasteiger partial charge in [0.25, 0.3) is 5.79 Å². The number of carbonyl (C=O) groups is 2. The molecule has 1 aliphatic rings. The van der Waals surface area contributed by atoms with Crippen molar-refractivity contribution in [3.05, 3.63) is 65.0 Å². The lowest BCUT2D eigenvalue weighted by Crippen LogP contribution is -2.45. The van der Waals surface area contributed by atoms with Gasteiger partial charge in [-0.1, -0.05) is 71.2 Å². The molecular weight excluding hydrogens is 532 g/mol. The number of nitrogens with one attached hydrogen (secondary N) is 1. The lowest BCUT2D eigenvalue weighted by Gasteiger charge is -2.37. The molecule has 0 spiro atoms. The van der Waals surface area contributed by atoms with Crippen molar-refractivity contribution in [3.63, 3.8) is 0 Å². The summed E-state index contributed by atoms with van der Waals surface area (Å²) in [6.07, 6.45) is 5.01. The van der Waals surface area contributed by atoms with E-state index >= 15 is 0 Å². The van der Waals surface area contributed by atoms with Crippen molar-refractivity contribution < 1.29 is 28.5 Å². The maximum Gasteiger partial charge on any atom is 0.352 e. The van der Waals surface area contributed by atoms with Crippen molar-refractivity contribution in [2.24, 2.45) is 5.41 Å². The Morgan fingerprint density at radius 2 is 1.57 bits per heavy atom. The number of methoxy groups -OCH3 is 2. The Bertz CT molecular complexity index is 1240. The third-order valence-corrected chi connectivity index (χ3v) is 7.14. The van der Waals surface area contributed by atoms with E-state index in [1.165, 1.54) is 5.56 Å². The molecule has 0 aromatic heterocycles. The number of carbonyl (C=O) groups excluding carboxylic acids is 2. The van der Waals surface area contributed by atoms with E-state index in [-0.39, 0.29) is 17.0 Å². The Kier molecular flexibility index (Phi) is 10.9. The highest BCUT2D eigenvalue weighted by atomic mass is 16.7. The number of cyclic esters (lactones) is 2. The van der Waals surface area contributed by atoms with Crippen molar-refractivity contribution in [2.75, 3.05) is 19.5 Å². The number of nitrogens with zero attached hydrogens (tertiary/aromatic N) is 1. The van der Waals surface area contributed by atoms with Crippen LogP contribution in [0.5, 0.6) is 11.5 Å². The Labute approximate surface area is 251 Å². The van der Waals surface area contributed by atoms with Crippen LogP contribution in [0.4, 0.5) is 5.69 Å². The van der Waals surface area contributed by atoms with Gasteiger partial charge in [-0.05, 0) is 48.4 Å². The summed E-state index contributed by atoms with van der Waals surface area (Å²) >= 11 is 0. The molecule has 0 bridgehead atoms. The predicted molar refractivity (Wildman–Crippen MR) is 165 cm³/mol. The molecule has 1 heterocycles. The second-order valence-corrected chi connectivity index (χ2v) is 12.6. The van der Waals surface area contributed by atoms with Gasteiger partial charge in [-0.15, -0.1) is 0 Å². The molecule has 1 aliphatic heterocycles. The van der Waals surface area contributed by atoms with E-state index in [9.17, 15) is 9.59 Å². The minimum Gasteiger partial charge on any atom is -0.497 e. The summed E-state index contributed by atoms with van der Waals surface area (Å²) in [6, 6.07) is 13.8. The highest BCUT2D eigenvalue weighted by molar-refractivity contribution is 6.16. The van der Waals surface area contributed by atoms with Crippen molar-refractivity contribution >= 4 is 17.6 Å². The smallest absolute Gasteiger partial charge is 0.352 e. The molecule has 1 unspecified atom stereocenters. The average Bonchev–Trinajstić information content (AvgIpc) is 2.90. The first-order valence-corrected chi connectivity index (χ1v) is 14.8. The van der Waals surface area contributed by atoms with Gasteiger partial charge in [0.1, 0.15) is 17.3 Å². The van der Waals surface area contributed by atoms with Crippen molar-refractivity contribution in [3.8, 4) is 11.5 Å². The molecule has 230 valence electrons. The molecule has 1 fully saturated rings. The highest BCUT2D eigenvalue weighted by Crippen LogP contribution is 2.34. The third-order valence-electron chi connectivity index (χ3n) is 7.14. The van der Waals surface area contributed by atoms with Gasteiger partial charge in [-0.3, -0.25) is 0 Å². The number of hydrogen-bond acceptors (Lipinski definition) is 8. The fourth-order valence-electron chi connectivity index (χ4n) is 5.03. The van der Waals surface area contributed by atoms with E-state index in [0.29, 0.717) is 29.6 Å². The van der Waals surface area contributed by atoms with Crippen LogP contribution in [0.1, 0.15) is 85.3 Å². The second-order valence-electron chi connectivity index (χ2n) is 12.6. The molecule has 42 heavy (non-hydrogen) atoms. The Morgan fingerprint density at radius 1 is 0.952 bits per heavy atom. The van der Waals surface area contributed by atoms with Gasteiger partial charge in [-0.2, -0.15) is 0 Å². The first kappa shape index (κ1) is 32.8. The van der Waals surface area contributed by atoms with Crippen molar-refractivity contribution in [1.82, 2.24) is 4.90 Å². The Morgan fingerprint density at radius 3 is 2.12 bits per heavy atom. The Balaban J connectivity index is 2.13. The largest absolute Gasteiger partial charge is 0.497 e. The van der Waals surface area contributed by atoms with E-state index in [2.05, 4.69) is 69.1 Å². The van der Waals surface area contributed by atoms with Crippen LogP contribution in [0.3, 0.4) is 0 Å². The SMILES string of the molecule is CCCCCC(C)N(Cc1ccc(CC(C)(C)C)cc1)C(Nc1ccc(OC)cc1OC)=C1C(=O)OC(C)(C)OC1=O. The van der Waals surface area contributed by atoms with Crippen LogP contribution >= 0.6 is 0 Å². The molecule has 8 nitrogen and oxygen atoms in total. The number of unbranched alkanes of at least 4 members (excludes halogenated alkanes) is 2. The van der Waals surface area contributed by atoms with Gasteiger partial charge < -0.3 is 29.2 Å². The molecule has 0 radical (unpaired) electrons. The minimum absolute atomic E-state index is 0.0272. The molecule has 3 rings (SSSR count). The van der Waals surface area contributed by atoms with Crippen LogP contribution in [0, 0.1) is 5.41 Å². The van der Waals surface area contributed by atoms with Crippen molar-refractivity contribution in [1.29, 1.82) is 0 Å². The summed E-state index contributed by atoms with van der Waals surface area (Å²) in [5.41, 5.74) is 2.87. The summed E-state index contributed by atoms with van der Waals surface area (Å²) < 4.78 is 22.1. The number of anilines is 1. The van der Waals surface area contributed by atoms with Crippen molar-refractivity contribution in [2.45, 2.75) is 98.9 Å². The fourth-order valence-corrected chi connectivity index (χ4v) is 5.03. The van der Waals surface area contributed by atoms with E-state index in [1.807, 2.05) is 0 Å². The summed E-state index contributed by atoms with van der Waals surface area (Å²) in [7, 11) is 3.14. The fraction of sp³-hybridized carbons (Fsp3) is 0.529. The molecular formula is C34H48N2O6. The van der Waals surface area contributed by atoms with Gasteiger partial charge in [-0.25, -0.2) is 9.59 Å². The lowest BCUT2D eigenvalue weighted by atomic mass is 9.88. The monoisotopic (exact) mass is 580 g/mol. The molecule has 0 aliphatic carbocycles. The van der Waals surface area contributed by atoms with Crippen LogP contribution in [-0.4, -0.2) is 42.9 Å². The van der Waals surface area contributed by atoms with Gasteiger partial charge in [0.2, 0.25) is 0 Å². The van der Waals surface area contributed by atoms with E-state index in [0.717, 1.165) is 37.7 Å². The summed E-state index contributed by atoms with van der Waals surface area (Å²) in [4.78, 5) is 28.9. The lowest BCUT2D eigenvalue weighted by molar-refractivity contribution is -0.222. The quantitative estimate of drug-likeness (QED) is 0.115. The zero-order valence-electron chi connectivity index (χ0n) is 26.8. The van der Waals surface area contributed by atoms with Crippen LogP contribution in [0.15, 0.2) is 53.9 Å².